The minimum absolute atomic E-state index is 0.191. The molecule has 0 unspecified atom stereocenters. The van der Waals surface area contributed by atoms with Gasteiger partial charge in [-0.3, -0.25) is 4.79 Å². The van der Waals surface area contributed by atoms with E-state index in [-0.39, 0.29) is 22.7 Å². The van der Waals surface area contributed by atoms with E-state index in [2.05, 4.69) is 9.97 Å². The molecule has 3 aromatic rings. The summed E-state index contributed by atoms with van der Waals surface area (Å²) in [7, 11) is 0. The maximum atomic E-state index is 12.6. The topological polar surface area (TPSA) is 59.2 Å². The van der Waals surface area contributed by atoms with Crippen molar-refractivity contribution in [3.8, 4) is 0 Å². The Labute approximate surface area is 154 Å². The number of hydrogen-bond donors (Lipinski definition) is 0. The molecule has 0 radical (unpaired) electrons. The first kappa shape index (κ1) is 16.4. The number of aromatic nitrogens is 2. The third-order valence-electron chi connectivity index (χ3n) is 4.46. The van der Waals surface area contributed by atoms with Crippen molar-refractivity contribution < 1.29 is 9.21 Å². The lowest BCUT2D eigenvalue weighted by Crippen LogP contribution is -2.38. The Morgan fingerprint density at radius 3 is 2.60 bits per heavy atom. The molecule has 128 valence electrons. The van der Waals surface area contributed by atoms with Gasteiger partial charge in [-0.2, -0.15) is 0 Å². The fourth-order valence-corrected chi connectivity index (χ4v) is 3.45. The van der Waals surface area contributed by atoms with Crippen LogP contribution < -0.4 is 0 Å². The van der Waals surface area contributed by atoms with E-state index in [1.54, 1.807) is 17.0 Å². The molecular weight excluding hydrogens is 361 g/mol. The molecule has 1 aliphatic heterocycles. The highest BCUT2D eigenvalue weighted by atomic mass is 35.5. The Kier molecular flexibility index (Phi) is 4.36. The molecule has 4 rings (SSSR count). The number of nitrogens with zero attached hydrogens (tertiary/aromatic N) is 3. The summed E-state index contributed by atoms with van der Waals surface area (Å²) in [5.74, 6) is 0.759. The molecule has 1 aromatic carbocycles. The molecular formula is C18H15Cl2N3O2. The zero-order valence-corrected chi connectivity index (χ0v) is 14.8. The number of benzene rings is 1. The van der Waals surface area contributed by atoms with Crippen molar-refractivity contribution in [2.24, 2.45) is 0 Å². The highest BCUT2D eigenvalue weighted by Gasteiger charge is 2.29. The van der Waals surface area contributed by atoms with Crippen LogP contribution in [0.5, 0.6) is 0 Å². The zero-order chi connectivity index (χ0) is 17.4. The first-order valence-corrected chi connectivity index (χ1v) is 8.84. The van der Waals surface area contributed by atoms with Crippen molar-refractivity contribution in [3.63, 3.8) is 0 Å². The second-order valence-electron chi connectivity index (χ2n) is 6.05. The lowest BCUT2D eigenvalue weighted by molar-refractivity contribution is 0.0701. The van der Waals surface area contributed by atoms with Gasteiger partial charge < -0.3 is 9.32 Å². The number of fused-ring (bicyclic) bond motifs is 1. The van der Waals surface area contributed by atoms with E-state index in [1.807, 2.05) is 24.3 Å². The Bertz CT molecular complexity index is 900. The molecule has 0 aliphatic carbocycles. The first-order chi connectivity index (χ1) is 12.1. The molecule has 0 atom stereocenters. The van der Waals surface area contributed by atoms with E-state index in [0.29, 0.717) is 18.1 Å². The number of amides is 1. The van der Waals surface area contributed by atoms with Crippen LogP contribution in [0.25, 0.3) is 11.1 Å². The van der Waals surface area contributed by atoms with Crippen molar-refractivity contribution in [1.82, 2.24) is 14.9 Å². The van der Waals surface area contributed by atoms with E-state index < -0.39 is 0 Å². The van der Waals surface area contributed by atoms with Gasteiger partial charge in [0.05, 0.1) is 5.02 Å². The van der Waals surface area contributed by atoms with Crippen LogP contribution >= 0.6 is 23.2 Å². The van der Waals surface area contributed by atoms with Gasteiger partial charge in [-0.15, -0.1) is 0 Å². The van der Waals surface area contributed by atoms with Gasteiger partial charge in [0, 0.05) is 19.0 Å². The summed E-state index contributed by atoms with van der Waals surface area (Å²) < 4.78 is 5.86. The molecule has 1 fully saturated rings. The summed E-state index contributed by atoms with van der Waals surface area (Å²) >= 11 is 12.0. The summed E-state index contributed by atoms with van der Waals surface area (Å²) in [5, 5.41) is 0.574. The fraction of sp³-hybridized carbons (Fsp3) is 0.278. The molecule has 2 aromatic heterocycles. The highest BCUT2D eigenvalue weighted by molar-refractivity contribution is 6.34. The Balaban J connectivity index is 1.47. The number of carbonyl (C=O) groups is 1. The number of carbonyl (C=O) groups excluding carboxylic acids is 1. The molecule has 3 heterocycles. The van der Waals surface area contributed by atoms with Crippen LogP contribution in [0.4, 0.5) is 0 Å². The number of para-hydroxylation sites is 2. The van der Waals surface area contributed by atoms with Crippen molar-refractivity contribution in [1.29, 1.82) is 0 Å². The molecule has 7 heteroatoms. The molecule has 0 bridgehead atoms. The minimum Gasteiger partial charge on any atom is -0.440 e. The predicted octanol–water partition coefficient (Wildman–Crippen LogP) is 4.55. The lowest BCUT2D eigenvalue weighted by Gasteiger charge is -2.30. The normalized spacial score (nSPS) is 15.7. The number of hydrogen-bond acceptors (Lipinski definition) is 4. The molecule has 1 saturated heterocycles. The minimum atomic E-state index is -0.191. The zero-order valence-electron chi connectivity index (χ0n) is 13.3. The van der Waals surface area contributed by atoms with E-state index >= 15 is 0 Å². The molecule has 0 N–H and O–H groups in total. The summed E-state index contributed by atoms with van der Waals surface area (Å²) in [5.41, 5.74) is 1.87. The van der Waals surface area contributed by atoms with Gasteiger partial charge in [0.1, 0.15) is 16.4 Å². The first-order valence-electron chi connectivity index (χ1n) is 8.08. The van der Waals surface area contributed by atoms with Crippen LogP contribution in [0, 0.1) is 0 Å². The average molecular weight is 376 g/mol. The Morgan fingerprint density at radius 1 is 1.08 bits per heavy atom. The monoisotopic (exact) mass is 375 g/mol. The van der Waals surface area contributed by atoms with Gasteiger partial charge in [0.2, 0.25) is 0 Å². The summed E-state index contributed by atoms with van der Waals surface area (Å²) in [6.07, 6.45) is 1.58. The van der Waals surface area contributed by atoms with Gasteiger partial charge in [-0.05, 0) is 37.1 Å². The van der Waals surface area contributed by atoms with Crippen molar-refractivity contribution in [2.75, 3.05) is 13.1 Å². The van der Waals surface area contributed by atoms with Gasteiger partial charge in [-0.25, -0.2) is 9.97 Å². The smallest absolute Gasteiger partial charge is 0.274 e. The molecule has 25 heavy (non-hydrogen) atoms. The number of halogens is 2. The summed E-state index contributed by atoms with van der Waals surface area (Å²) in [4.78, 5) is 23.0. The maximum absolute atomic E-state index is 12.6. The van der Waals surface area contributed by atoms with Crippen LogP contribution in [0.15, 0.2) is 40.8 Å². The number of piperidine rings is 1. The van der Waals surface area contributed by atoms with Crippen LogP contribution in [0.1, 0.15) is 35.1 Å². The van der Waals surface area contributed by atoms with Crippen LogP contribution in [0.3, 0.4) is 0 Å². The van der Waals surface area contributed by atoms with Gasteiger partial charge in [0.25, 0.3) is 5.91 Å². The lowest BCUT2D eigenvalue weighted by atomic mass is 9.96. The third-order valence-corrected chi connectivity index (χ3v) is 4.97. The second-order valence-corrected chi connectivity index (χ2v) is 6.85. The number of pyridine rings is 1. The number of likely N-dealkylation sites (tertiary alicyclic amines) is 1. The van der Waals surface area contributed by atoms with Gasteiger partial charge >= 0.3 is 0 Å². The van der Waals surface area contributed by atoms with Crippen LogP contribution in [-0.4, -0.2) is 33.9 Å². The molecule has 0 spiro atoms. The molecule has 0 saturated carbocycles. The standard InChI is InChI=1S/C18H15Cl2N3O2/c19-12-5-6-15(20)22-16(12)18(24)23-9-7-11(8-10-23)17-21-13-3-1-2-4-14(13)25-17/h1-6,11H,7-10H2. The Hall–Kier alpha value is -2.11. The SMILES string of the molecule is O=C(c1nc(Cl)ccc1Cl)N1CCC(c2nc3ccccc3o2)CC1. The Morgan fingerprint density at radius 2 is 1.84 bits per heavy atom. The molecule has 1 aliphatic rings. The van der Waals surface area contributed by atoms with Crippen molar-refractivity contribution in [2.45, 2.75) is 18.8 Å². The molecule has 1 amide bonds. The fourth-order valence-electron chi connectivity index (χ4n) is 3.11. The predicted molar refractivity (Wildman–Crippen MR) is 96.1 cm³/mol. The highest BCUT2D eigenvalue weighted by Crippen LogP contribution is 2.31. The van der Waals surface area contributed by atoms with E-state index in [0.717, 1.165) is 29.8 Å². The molecule has 5 nitrogen and oxygen atoms in total. The average Bonchev–Trinajstić information content (AvgIpc) is 3.07. The van der Waals surface area contributed by atoms with Crippen molar-refractivity contribution in [3.05, 3.63) is 58.2 Å². The van der Waals surface area contributed by atoms with E-state index in [1.165, 1.54) is 0 Å². The number of rotatable bonds is 2. The van der Waals surface area contributed by atoms with E-state index in [9.17, 15) is 4.79 Å². The summed E-state index contributed by atoms with van der Waals surface area (Å²) in [6, 6.07) is 10.9. The third kappa shape index (κ3) is 3.22. The van der Waals surface area contributed by atoms with Gasteiger partial charge in [0.15, 0.2) is 11.5 Å². The quantitative estimate of drug-likeness (QED) is 0.616. The van der Waals surface area contributed by atoms with Gasteiger partial charge in [-0.1, -0.05) is 35.3 Å². The second kappa shape index (κ2) is 6.65. The summed E-state index contributed by atoms with van der Waals surface area (Å²) in [6.45, 7) is 1.21. The van der Waals surface area contributed by atoms with E-state index in [4.69, 9.17) is 27.6 Å². The maximum Gasteiger partial charge on any atom is 0.274 e. The van der Waals surface area contributed by atoms with Crippen LogP contribution in [0.2, 0.25) is 10.2 Å². The number of oxazole rings is 1. The van der Waals surface area contributed by atoms with Crippen LogP contribution in [-0.2, 0) is 0 Å². The largest absolute Gasteiger partial charge is 0.440 e. The van der Waals surface area contributed by atoms with Crippen molar-refractivity contribution >= 4 is 40.2 Å².